The summed E-state index contributed by atoms with van der Waals surface area (Å²) in [6, 6.07) is 8.18. The molecule has 145 valence electrons. The smallest absolute Gasteiger partial charge is 0.418 e. The van der Waals surface area contributed by atoms with Crippen molar-refractivity contribution in [3.05, 3.63) is 36.0 Å². The number of ether oxygens (including phenoxy) is 2. The van der Waals surface area contributed by atoms with Crippen LogP contribution in [0, 0.1) is 6.07 Å². The summed E-state index contributed by atoms with van der Waals surface area (Å²) in [6.07, 6.45) is -1.64. The van der Waals surface area contributed by atoms with Crippen LogP contribution in [-0.2, 0) is 6.18 Å². The van der Waals surface area contributed by atoms with E-state index in [1.165, 1.54) is 0 Å². The van der Waals surface area contributed by atoms with Gasteiger partial charge in [0.2, 0.25) is 0 Å². The first kappa shape index (κ1) is 17.0. The third-order valence-corrected chi connectivity index (χ3v) is 4.64. The summed E-state index contributed by atoms with van der Waals surface area (Å²) < 4.78 is 51.3. The van der Waals surface area contributed by atoms with Crippen LogP contribution in [0.4, 0.5) is 30.4 Å². The molecule has 2 aliphatic rings. The van der Waals surface area contributed by atoms with Crippen molar-refractivity contribution < 1.29 is 22.6 Å². The van der Waals surface area contributed by atoms with Gasteiger partial charge >= 0.3 is 6.18 Å². The molecule has 5 rings (SSSR count). The number of halogens is 3. The van der Waals surface area contributed by atoms with Crippen molar-refractivity contribution in [2.24, 2.45) is 0 Å². The topological polar surface area (TPSA) is 71.2 Å². The summed E-state index contributed by atoms with van der Waals surface area (Å²) >= 11 is 0. The summed E-state index contributed by atoms with van der Waals surface area (Å²) in [4.78, 5) is 6.97. The van der Waals surface area contributed by atoms with E-state index < -0.39 is 11.7 Å². The molecule has 3 aromatic rings. The number of nitrogens with one attached hydrogen (secondary N) is 3. The van der Waals surface area contributed by atoms with Crippen LogP contribution in [0.1, 0.15) is 18.4 Å². The summed E-state index contributed by atoms with van der Waals surface area (Å²) in [5.41, 5.74) is 0.444. The Labute approximate surface area is 158 Å². The number of hydrogen-bond acceptors (Lipinski definition) is 5. The number of H-pyrrole nitrogens is 1. The van der Waals surface area contributed by atoms with Gasteiger partial charge in [0.1, 0.15) is 24.7 Å². The van der Waals surface area contributed by atoms with E-state index in [1.54, 1.807) is 18.2 Å². The van der Waals surface area contributed by atoms with Crippen LogP contribution in [0.2, 0.25) is 0 Å². The molecule has 1 aliphatic carbocycles. The Bertz CT molecular complexity index is 1040. The number of anilines is 3. The van der Waals surface area contributed by atoms with E-state index in [9.17, 15) is 13.2 Å². The Morgan fingerprint density at radius 3 is 2.79 bits per heavy atom. The quantitative estimate of drug-likeness (QED) is 0.614. The first-order valence-electron chi connectivity index (χ1n) is 8.92. The number of hydrogen-bond donors (Lipinski definition) is 3. The molecule has 3 heterocycles. The summed E-state index contributed by atoms with van der Waals surface area (Å²) in [7, 11) is 0. The molecule has 9 heteroatoms. The van der Waals surface area contributed by atoms with E-state index in [0.29, 0.717) is 41.9 Å². The predicted octanol–water partition coefficient (Wildman–Crippen LogP) is 4.47. The third kappa shape index (κ3) is 3.06. The normalized spacial score (nSPS) is 16.2. The van der Waals surface area contributed by atoms with Crippen molar-refractivity contribution in [2.75, 3.05) is 23.8 Å². The molecule has 0 saturated heterocycles. The second-order valence-electron chi connectivity index (χ2n) is 6.77. The van der Waals surface area contributed by atoms with Crippen molar-refractivity contribution in [1.82, 2.24) is 9.97 Å². The number of fused-ring (bicyclic) bond motifs is 2. The van der Waals surface area contributed by atoms with Crippen molar-refractivity contribution in [3.63, 3.8) is 0 Å². The van der Waals surface area contributed by atoms with E-state index in [1.807, 2.05) is 0 Å². The molecule has 2 aromatic heterocycles. The predicted molar refractivity (Wildman–Crippen MR) is 97.3 cm³/mol. The lowest BCUT2D eigenvalue weighted by molar-refractivity contribution is -0.136. The largest absolute Gasteiger partial charge is 0.485 e. The zero-order valence-electron chi connectivity index (χ0n) is 14.6. The zero-order chi connectivity index (χ0) is 19.3. The van der Waals surface area contributed by atoms with Gasteiger partial charge in [0.05, 0.1) is 16.6 Å². The monoisotopic (exact) mass is 389 g/mol. The van der Waals surface area contributed by atoms with Crippen LogP contribution >= 0.6 is 0 Å². The van der Waals surface area contributed by atoms with Gasteiger partial charge in [0.25, 0.3) is 0 Å². The highest BCUT2D eigenvalue weighted by Gasteiger charge is 2.36. The van der Waals surface area contributed by atoms with Crippen LogP contribution in [0.15, 0.2) is 24.4 Å². The van der Waals surface area contributed by atoms with Crippen LogP contribution in [0.25, 0.3) is 11.0 Å². The summed E-state index contributed by atoms with van der Waals surface area (Å²) in [5, 5.41) is 6.36. The standard InChI is InChI=1S/C19H16F3N4O2/c20-19(21,22)11-9-23-18-16(11)13(24-10-4-5-10)8-15(26-18)25-12-2-1-3-14-17(12)28-7-6-27-14/h1-2,8-10H,4-7H2,(H3,23,24,25,26). The minimum Gasteiger partial charge on any atom is -0.485 e. The van der Waals surface area contributed by atoms with E-state index in [-0.39, 0.29) is 17.1 Å². The Kier molecular flexibility index (Phi) is 3.78. The summed E-state index contributed by atoms with van der Waals surface area (Å²) in [6.45, 7) is 0.849. The van der Waals surface area contributed by atoms with Gasteiger partial charge in [0, 0.05) is 30.1 Å². The molecule has 1 fully saturated rings. The Hall–Kier alpha value is -3.10. The minimum absolute atomic E-state index is 0.0490. The molecule has 0 atom stereocenters. The molecule has 28 heavy (non-hydrogen) atoms. The summed E-state index contributed by atoms with van der Waals surface area (Å²) in [5.74, 6) is 1.40. The highest BCUT2D eigenvalue weighted by atomic mass is 19.4. The van der Waals surface area contributed by atoms with Gasteiger partial charge in [-0.2, -0.15) is 13.2 Å². The number of pyridine rings is 1. The molecule has 1 aliphatic heterocycles. The molecule has 0 bridgehead atoms. The second kappa shape index (κ2) is 6.22. The highest BCUT2D eigenvalue weighted by molar-refractivity contribution is 5.95. The second-order valence-corrected chi connectivity index (χ2v) is 6.77. The number of alkyl halides is 3. The Morgan fingerprint density at radius 1 is 1.18 bits per heavy atom. The molecular weight excluding hydrogens is 373 g/mol. The van der Waals surface area contributed by atoms with Crippen molar-refractivity contribution in [1.29, 1.82) is 0 Å². The van der Waals surface area contributed by atoms with Gasteiger partial charge in [-0.15, -0.1) is 0 Å². The number of nitrogens with zero attached hydrogens (tertiary/aromatic N) is 1. The van der Waals surface area contributed by atoms with E-state index in [2.05, 4.69) is 26.7 Å². The Morgan fingerprint density at radius 2 is 2.00 bits per heavy atom. The Balaban J connectivity index is 1.57. The van der Waals surface area contributed by atoms with Gasteiger partial charge in [-0.25, -0.2) is 4.98 Å². The van der Waals surface area contributed by atoms with Crippen LogP contribution in [-0.4, -0.2) is 29.2 Å². The molecule has 0 unspecified atom stereocenters. The fraction of sp³-hybridized carbons (Fsp3) is 0.316. The van der Waals surface area contributed by atoms with Crippen LogP contribution in [0.3, 0.4) is 0 Å². The third-order valence-electron chi connectivity index (χ3n) is 4.64. The molecule has 3 N–H and O–H groups in total. The van der Waals surface area contributed by atoms with Crippen molar-refractivity contribution in [3.8, 4) is 11.5 Å². The molecule has 1 saturated carbocycles. The molecule has 1 aromatic carbocycles. The van der Waals surface area contributed by atoms with Gasteiger partial charge in [-0.05, 0) is 25.0 Å². The average molecular weight is 389 g/mol. The number of rotatable bonds is 4. The maximum absolute atomic E-state index is 13.4. The molecule has 0 amide bonds. The van der Waals surface area contributed by atoms with Gasteiger partial charge in [-0.3, -0.25) is 0 Å². The van der Waals surface area contributed by atoms with Gasteiger partial charge in [-0.1, -0.05) is 0 Å². The number of aromatic amines is 1. The van der Waals surface area contributed by atoms with Crippen molar-refractivity contribution >= 4 is 28.2 Å². The molecule has 1 radical (unpaired) electrons. The van der Waals surface area contributed by atoms with E-state index >= 15 is 0 Å². The lowest BCUT2D eigenvalue weighted by Gasteiger charge is -2.21. The number of benzene rings is 1. The van der Waals surface area contributed by atoms with Gasteiger partial charge in [0.15, 0.2) is 11.5 Å². The van der Waals surface area contributed by atoms with Crippen LogP contribution < -0.4 is 20.1 Å². The maximum Gasteiger partial charge on any atom is 0.418 e. The highest BCUT2D eigenvalue weighted by Crippen LogP contribution is 2.42. The molecule has 0 spiro atoms. The lowest BCUT2D eigenvalue weighted by atomic mass is 10.1. The SMILES string of the molecule is FC(F)(F)c1c[nH]c2nc(Nc3cc[c]c4c3OCCO4)cc(NC3CC3)c12. The minimum atomic E-state index is -4.46. The van der Waals surface area contributed by atoms with Crippen LogP contribution in [0.5, 0.6) is 11.5 Å². The first-order chi connectivity index (χ1) is 13.5. The van der Waals surface area contributed by atoms with Crippen molar-refractivity contribution in [2.45, 2.75) is 25.1 Å². The van der Waals surface area contributed by atoms with Gasteiger partial charge < -0.3 is 25.1 Å². The van der Waals surface area contributed by atoms with E-state index in [4.69, 9.17) is 9.47 Å². The fourth-order valence-corrected chi connectivity index (χ4v) is 3.22. The molecule has 6 nitrogen and oxygen atoms in total. The number of aromatic nitrogens is 2. The fourth-order valence-electron chi connectivity index (χ4n) is 3.22. The molecular formula is C19H16F3N4O2. The van der Waals surface area contributed by atoms with E-state index in [0.717, 1.165) is 19.0 Å². The maximum atomic E-state index is 13.4. The zero-order valence-corrected chi connectivity index (χ0v) is 14.6. The lowest BCUT2D eigenvalue weighted by Crippen LogP contribution is -2.16. The first-order valence-corrected chi connectivity index (χ1v) is 8.92. The average Bonchev–Trinajstić information content (AvgIpc) is 3.36.